The van der Waals surface area contributed by atoms with Crippen LogP contribution in [0.25, 0.3) is 0 Å². The van der Waals surface area contributed by atoms with Gasteiger partial charge in [0.05, 0.1) is 5.92 Å². The molecule has 1 N–H and O–H groups in total. The maximum atomic E-state index is 13.4. The van der Waals surface area contributed by atoms with Crippen molar-refractivity contribution < 1.29 is 23.9 Å². The highest BCUT2D eigenvalue weighted by Gasteiger charge is 2.53. The van der Waals surface area contributed by atoms with Crippen LogP contribution in [-0.2, 0) is 19.1 Å². The van der Waals surface area contributed by atoms with Gasteiger partial charge in [0.1, 0.15) is 17.2 Å². The van der Waals surface area contributed by atoms with E-state index in [4.69, 9.17) is 9.47 Å². The maximum Gasteiger partial charge on any atom is 0.408 e. The lowest BCUT2D eigenvalue weighted by Crippen LogP contribution is -2.52. The van der Waals surface area contributed by atoms with Crippen LogP contribution in [-0.4, -0.2) is 64.2 Å². The van der Waals surface area contributed by atoms with E-state index in [1.165, 1.54) is 0 Å². The van der Waals surface area contributed by atoms with Gasteiger partial charge in [0.25, 0.3) is 0 Å². The van der Waals surface area contributed by atoms with Gasteiger partial charge in [0.15, 0.2) is 0 Å². The monoisotopic (exact) mass is 428 g/mol. The number of thioether (sulfide) groups is 1. The Morgan fingerprint density at radius 2 is 1.69 bits per heavy atom. The number of ether oxygens (including phenoxy) is 2. The molecule has 2 heterocycles. The molecule has 2 bridgehead atoms. The second-order valence-corrected chi connectivity index (χ2v) is 10.9. The Balaban J connectivity index is 2.10. The summed E-state index contributed by atoms with van der Waals surface area (Å²) in [5.74, 6) is 0.0941. The van der Waals surface area contributed by atoms with E-state index >= 15 is 0 Å². The van der Waals surface area contributed by atoms with Crippen molar-refractivity contribution in [1.29, 1.82) is 0 Å². The summed E-state index contributed by atoms with van der Waals surface area (Å²) in [5, 5.41) is 2.75. The molecule has 2 aliphatic rings. The second kappa shape index (κ2) is 9.14. The van der Waals surface area contributed by atoms with Crippen LogP contribution in [0, 0.1) is 5.92 Å². The van der Waals surface area contributed by atoms with E-state index in [0.29, 0.717) is 12.8 Å². The Kier molecular flexibility index (Phi) is 7.52. The number of nitrogens with one attached hydrogen (secondary N) is 1. The zero-order valence-electron chi connectivity index (χ0n) is 18.7. The fraction of sp³-hybridized carbons (Fsp3) is 0.857. The standard InChI is InChI=1S/C21H36N2O5S/c1-20(2,3)27-18(25)14-12-13-8-9-16(14)23(13)17(24)15(10-11-29-7)22-19(26)28-21(4,5)6/h13-16H,8-12H2,1-7H3,(H,22,26)/t13-,14+,15-,16-/m0/s1. The van der Waals surface area contributed by atoms with Crippen molar-refractivity contribution in [1.82, 2.24) is 10.2 Å². The molecule has 0 unspecified atom stereocenters. The summed E-state index contributed by atoms with van der Waals surface area (Å²) in [6.07, 6.45) is 4.21. The molecule has 2 rings (SSSR count). The molecule has 2 amide bonds. The number of amides is 2. The summed E-state index contributed by atoms with van der Waals surface area (Å²) < 4.78 is 10.9. The van der Waals surface area contributed by atoms with Crippen molar-refractivity contribution in [3.8, 4) is 0 Å². The Hall–Kier alpha value is -1.44. The van der Waals surface area contributed by atoms with E-state index in [0.717, 1.165) is 18.6 Å². The van der Waals surface area contributed by atoms with Crippen LogP contribution in [0.3, 0.4) is 0 Å². The van der Waals surface area contributed by atoms with Crippen molar-refractivity contribution in [2.24, 2.45) is 5.92 Å². The fourth-order valence-electron chi connectivity index (χ4n) is 4.09. The van der Waals surface area contributed by atoms with Gasteiger partial charge in [-0.15, -0.1) is 0 Å². The first-order valence-corrected chi connectivity index (χ1v) is 11.8. The van der Waals surface area contributed by atoms with E-state index in [2.05, 4.69) is 5.32 Å². The van der Waals surface area contributed by atoms with Crippen LogP contribution >= 0.6 is 11.8 Å². The van der Waals surface area contributed by atoms with E-state index < -0.39 is 23.3 Å². The molecule has 0 aromatic carbocycles. The largest absolute Gasteiger partial charge is 0.460 e. The van der Waals surface area contributed by atoms with Gasteiger partial charge in [-0.3, -0.25) is 9.59 Å². The van der Waals surface area contributed by atoms with Crippen molar-refractivity contribution >= 4 is 29.7 Å². The lowest BCUT2D eigenvalue weighted by Gasteiger charge is -2.30. The van der Waals surface area contributed by atoms with Gasteiger partial charge >= 0.3 is 12.1 Å². The maximum absolute atomic E-state index is 13.4. The molecule has 8 heteroatoms. The third-order valence-corrected chi connectivity index (χ3v) is 5.74. The topological polar surface area (TPSA) is 84.9 Å². The normalized spacial score (nSPS) is 24.9. The number of hydrogen-bond acceptors (Lipinski definition) is 6. The number of alkyl carbamates (subject to hydrolysis) is 1. The number of carbonyl (C=O) groups is 3. The second-order valence-electron chi connectivity index (χ2n) is 9.90. The molecule has 0 aromatic rings. The Bertz CT molecular complexity index is 626. The molecule has 2 aliphatic heterocycles. The predicted octanol–water partition coefficient (Wildman–Crippen LogP) is 3.35. The number of hydrogen-bond donors (Lipinski definition) is 1. The first kappa shape index (κ1) is 23.8. The summed E-state index contributed by atoms with van der Waals surface area (Å²) >= 11 is 1.62. The van der Waals surface area contributed by atoms with Crippen LogP contribution in [0.4, 0.5) is 4.79 Å². The molecule has 2 fully saturated rings. The molecule has 2 saturated heterocycles. The van der Waals surface area contributed by atoms with Gasteiger partial charge in [-0.2, -0.15) is 11.8 Å². The van der Waals surface area contributed by atoms with Gasteiger partial charge in [0.2, 0.25) is 5.91 Å². The number of fused-ring (bicyclic) bond motifs is 2. The van der Waals surface area contributed by atoms with Crippen LogP contribution in [0.1, 0.15) is 67.2 Å². The summed E-state index contributed by atoms with van der Waals surface area (Å²) in [6.45, 7) is 10.9. The lowest BCUT2D eigenvalue weighted by atomic mass is 9.89. The third-order valence-electron chi connectivity index (χ3n) is 5.10. The predicted molar refractivity (Wildman–Crippen MR) is 114 cm³/mol. The minimum absolute atomic E-state index is 0.0298. The molecule has 29 heavy (non-hydrogen) atoms. The average molecular weight is 429 g/mol. The van der Waals surface area contributed by atoms with E-state index in [1.807, 2.05) is 31.9 Å². The van der Waals surface area contributed by atoms with E-state index in [9.17, 15) is 14.4 Å². The summed E-state index contributed by atoms with van der Waals surface area (Å²) in [6, 6.07) is -0.778. The van der Waals surface area contributed by atoms with Crippen molar-refractivity contribution in [3.05, 3.63) is 0 Å². The molecule has 7 nitrogen and oxygen atoms in total. The smallest absolute Gasteiger partial charge is 0.408 e. The van der Waals surface area contributed by atoms with Crippen LogP contribution in [0.5, 0.6) is 0 Å². The Morgan fingerprint density at radius 3 is 2.24 bits per heavy atom. The zero-order valence-corrected chi connectivity index (χ0v) is 19.6. The summed E-state index contributed by atoms with van der Waals surface area (Å²) in [5.41, 5.74) is -1.18. The highest BCUT2D eigenvalue weighted by Crippen LogP contribution is 2.43. The minimum atomic E-state index is -0.655. The Morgan fingerprint density at radius 1 is 1.07 bits per heavy atom. The first-order chi connectivity index (χ1) is 13.3. The van der Waals surface area contributed by atoms with Gasteiger partial charge in [-0.1, -0.05) is 0 Å². The van der Waals surface area contributed by atoms with Crippen molar-refractivity contribution in [2.75, 3.05) is 12.0 Å². The molecule has 0 aliphatic carbocycles. The number of carbonyl (C=O) groups excluding carboxylic acids is 3. The van der Waals surface area contributed by atoms with Gasteiger partial charge in [0, 0.05) is 12.1 Å². The molecule has 4 atom stereocenters. The highest BCUT2D eigenvalue weighted by molar-refractivity contribution is 7.98. The molecule has 0 aromatic heterocycles. The van der Waals surface area contributed by atoms with Crippen molar-refractivity contribution in [2.45, 2.75) is 96.6 Å². The molecule has 0 spiro atoms. The number of nitrogens with zero attached hydrogens (tertiary/aromatic N) is 1. The minimum Gasteiger partial charge on any atom is -0.460 e. The zero-order chi connectivity index (χ0) is 22.0. The van der Waals surface area contributed by atoms with Gasteiger partial charge in [-0.25, -0.2) is 4.79 Å². The molecular weight excluding hydrogens is 392 g/mol. The van der Waals surface area contributed by atoms with Crippen LogP contribution < -0.4 is 5.32 Å². The van der Waals surface area contributed by atoms with E-state index in [-0.39, 0.29) is 29.9 Å². The third kappa shape index (κ3) is 6.52. The average Bonchev–Trinajstić information content (AvgIpc) is 3.12. The number of esters is 1. The molecule has 0 saturated carbocycles. The summed E-state index contributed by atoms with van der Waals surface area (Å²) in [7, 11) is 0. The lowest BCUT2D eigenvalue weighted by molar-refractivity contribution is -0.161. The number of rotatable bonds is 6. The van der Waals surface area contributed by atoms with E-state index in [1.54, 1.807) is 32.5 Å². The van der Waals surface area contributed by atoms with Crippen molar-refractivity contribution in [3.63, 3.8) is 0 Å². The fourth-order valence-corrected chi connectivity index (χ4v) is 4.56. The van der Waals surface area contributed by atoms with Gasteiger partial charge < -0.3 is 19.7 Å². The molecule has 166 valence electrons. The molecule has 0 radical (unpaired) electrons. The SMILES string of the molecule is CSCC[C@H](NC(=O)OC(C)(C)C)C(=O)N1[C@H]2CC[C@H]1[C@H](C(=O)OC(C)(C)C)C2. The van der Waals surface area contributed by atoms with Crippen LogP contribution in [0.2, 0.25) is 0 Å². The molecular formula is C21H36N2O5S. The van der Waals surface area contributed by atoms with Gasteiger partial charge in [-0.05, 0) is 79.2 Å². The quantitative estimate of drug-likeness (QED) is 0.653. The first-order valence-electron chi connectivity index (χ1n) is 10.4. The summed E-state index contributed by atoms with van der Waals surface area (Å²) in [4.78, 5) is 40.1. The van der Waals surface area contributed by atoms with Crippen LogP contribution in [0.15, 0.2) is 0 Å². The highest BCUT2D eigenvalue weighted by atomic mass is 32.2. The Labute approximate surface area is 178 Å².